The molecule has 2 amide bonds. The van der Waals surface area contributed by atoms with E-state index in [4.69, 9.17) is 57.9 Å². The Hall–Kier alpha value is -6.50. The molecule has 5 aromatic carbocycles. The van der Waals surface area contributed by atoms with Crippen LogP contribution in [0.1, 0.15) is 65.4 Å². The van der Waals surface area contributed by atoms with Gasteiger partial charge in [0.1, 0.15) is 26.4 Å². The zero-order chi connectivity index (χ0) is 71.1. The molecule has 0 saturated heterocycles. The summed E-state index contributed by atoms with van der Waals surface area (Å²) in [5.41, 5.74) is 14.6. The minimum absolute atomic E-state index is 0. The molecule has 9 N–H and O–H groups in total. The van der Waals surface area contributed by atoms with Crippen LogP contribution >= 0.6 is 55.1 Å². The Morgan fingerprint density at radius 3 is 1.33 bits per heavy atom. The fourth-order valence-electron chi connectivity index (χ4n) is 11.2. The summed E-state index contributed by atoms with van der Waals surface area (Å²) in [6, 6.07) is 33.5. The molecule has 0 aliphatic carbocycles. The number of phenols is 1. The van der Waals surface area contributed by atoms with E-state index in [-0.39, 0.29) is 193 Å². The largest absolute Gasteiger partial charge is 1.00 e. The maximum Gasteiger partial charge on any atom is 1.00 e. The van der Waals surface area contributed by atoms with Crippen molar-refractivity contribution in [3.63, 3.8) is 0 Å². The van der Waals surface area contributed by atoms with Gasteiger partial charge in [-0.15, -0.1) is 23.2 Å². The predicted octanol–water partition coefficient (Wildman–Crippen LogP) is 4.05. The summed E-state index contributed by atoms with van der Waals surface area (Å²) in [7, 11) is 0. The van der Waals surface area contributed by atoms with Crippen LogP contribution in [0.5, 0.6) is 17.2 Å². The van der Waals surface area contributed by atoms with Crippen LogP contribution in [0.4, 0.5) is 9.59 Å². The number of fused-ring (bicyclic) bond motifs is 6. The second-order valence-electron chi connectivity index (χ2n) is 22.6. The number of halogens is 4. The minimum atomic E-state index is -0.570. The molecule has 13 rings (SSSR count). The van der Waals surface area contributed by atoms with Crippen LogP contribution in [0, 0.1) is 41.5 Å². The summed E-state index contributed by atoms with van der Waals surface area (Å²) < 4.78 is 25.7. The Balaban J connectivity index is 0.000000285. The van der Waals surface area contributed by atoms with Crippen LogP contribution in [0.2, 0.25) is 0 Å². The monoisotopic (exact) mass is 1600 g/mol. The second-order valence-corrected chi connectivity index (χ2v) is 25.3. The Labute approximate surface area is 690 Å². The van der Waals surface area contributed by atoms with Gasteiger partial charge in [0, 0.05) is 98.5 Å². The molecule has 8 heterocycles. The van der Waals surface area contributed by atoms with Crippen LogP contribution in [0.25, 0.3) is 65.4 Å². The van der Waals surface area contributed by atoms with E-state index in [0.29, 0.717) is 70.9 Å². The van der Waals surface area contributed by atoms with Crippen LogP contribution in [-0.2, 0) is 32.4 Å². The zero-order valence-electron chi connectivity index (χ0n) is 56.7. The van der Waals surface area contributed by atoms with Gasteiger partial charge in [-0.2, -0.15) is 0 Å². The number of alkyl halides is 4. The third kappa shape index (κ3) is 21.1. The van der Waals surface area contributed by atoms with E-state index in [1.54, 1.807) is 33.4 Å². The fourth-order valence-corrected chi connectivity index (χ4v) is 11.6. The van der Waals surface area contributed by atoms with Gasteiger partial charge < -0.3 is 71.9 Å². The van der Waals surface area contributed by atoms with Crippen LogP contribution in [0.15, 0.2) is 144 Å². The zero-order valence-corrected chi connectivity index (χ0v) is 66.6. The van der Waals surface area contributed by atoms with E-state index in [0.717, 1.165) is 82.2 Å². The molecule has 0 bridgehead atoms. The molecular formula is C70H73Br2Cl2K2N9O16. The number of amides is 2. The number of hydrogen-bond acceptors (Lipinski definition) is 17. The van der Waals surface area contributed by atoms with Gasteiger partial charge in [-0.25, -0.2) is 9.59 Å². The average Bonchev–Trinajstić information content (AvgIpc) is 0.747. The number of ether oxygens (including phenoxy) is 4. The Morgan fingerprint density at radius 2 is 0.950 bits per heavy atom. The number of aromatic nitrogens is 6. The number of rotatable bonds is 11. The topological polar surface area (TPSA) is 366 Å². The van der Waals surface area contributed by atoms with E-state index in [1.807, 2.05) is 120 Å². The van der Waals surface area contributed by atoms with E-state index in [1.165, 1.54) is 12.1 Å². The summed E-state index contributed by atoms with van der Waals surface area (Å²) in [5, 5.41) is 30.2. The van der Waals surface area contributed by atoms with Gasteiger partial charge in [0.2, 0.25) is 22.2 Å². The van der Waals surface area contributed by atoms with E-state index < -0.39 is 18.2 Å². The number of hydrogen-bond donors (Lipinski definition) is 8. The van der Waals surface area contributed by atoms with Crippen molar-refractivity contribution < 1.29 is 153 Å². The maximum absolute atomic E-state index is 13.0. The molecule has 6 aromatic heterocycles. The number of nitrogens with zero attached hydrogens (tertiary/aromatic N) is 2. The van der Waals surface area contributed by atoms with Crippen molar-refractivity contribution in [1.29, 1.82) is 0 Å². The summed E-state index contributed by atoms with van der Waals surface area (Å²) in [6.45, 7) is 12.9. The molecule has 3 unspecified atom stereocenters. The van der Waals surface area contributed by atoms with E-state index in [2.05, 4.69) is 67.3 Å². The molecule has 0 radical (unpaired) electrons. The van der Waals surface area contributed by atoms with Gasteiger partial charge in [0.25, 0.3) is 17.6 Å². The number of phenolic OH excluding ortho intramolecular Hbond substituents is 1. The molecule has 2 aliphatic heterocycles. The van der Waals surface area contributed by atoms with E-state index >= 15 is 0 Å². The molecule has 31 heteroatoms. The van der Waals surface area contributed by atoms with E-state index in [9.17, 15) is 43.5 Å². The van der Waals surface area contributed by atoms with Gasteiger partial charge in [-0.1, -0.05) is 100.0 Å². The number of nitrogens with one attached hydrogen (secondary N) is 6. The summed E-state index contributed by atoms with van der Waals surface area (Å²) in [6.07, 6.45) is -0.964. The molecule has 101 heavy (non-hydrogen) atoms. The van der Waals surface area contributed by atoms with Crippen LogP contribution in [-0.4, -0.2) is 101 Å². The normalized spacial score (nSPS) is 13.0. The molecule has 524 valence electrons. The van der Waals surface area contributed by atoms with Crippen molar-refractivity contribution in [3.8, 4) is 17.2 Å². The standard InChI is InChI=1S/C25H23N3O5.C17H17N3O3.C14H12N2O3.C11H13Br2NO2.CH2Cl2.CH2O3.CH4.2K.H/c1-14-8-20(29)27-22-18(14)10-19-15(2)9-21(30)28-17(13-32-24(22)23(19)28)11-26-25(31)33-12-16-6-4-3-5-7-16;1-8-3-13(21)19-15-11(8)5-12-9(2)4-14(22)20-10(6-18)7-23-17(15)16(12)20;1-6-3-10(17)15-12-8(6)5-9-7(2)4-11(18)16-13(9)14(12)19;12-6-10(13)7-14-11(15)16-8-9-4-2-1-3-5-9;2-1-3;2-1-4-3;;;;/h3-10,17H,11-13H2,1-2H3,(H,26,31)(H,27,29);3-5,10H,6-7,18H2,1-2H3,(H,19,21);3-5,19H,1-2H3,(H,15,17)(H,16,18);1-5,10H,6-8H2,(H,14,15);1H2;1,3H;1H4;;;/q;;;;;;;2*+1;-1/p-1. The predicted molar refractivity (Wildman–Crippen MR) is 391 cm³/mol. The number of aromatic amines is 4. The number of carbonyl (C=O) groups excluding carboxylic acids is 3. The molecule has 0 saturated carbocycles. The molecule has 11 aromatic rings. The summed E-state index contributed by atoms with van der Waals surface area (Å²) in [5.74, 6) is 0.935. The fraction of sp³-hybridized carbons (Fsp3) is 0.271. The van der Waals surface area contributed by atoms with Crippen LogP contribution in [0.3, 0.4) is 0 Å². The number of aryl methyl sites for hydroxylation is 6. The molecular weight excluding hydrogens is 1530 g/mol. The Bertz CT molecular complexity index is 5090. The third-order valence-electron chi connectivity index (χ3n) is 15.8. The van der Waals surface area contributed by atoms with Crippen molar-refractivity contribution in [3.05, 3.63) is 222 Å². The summed E-state index contributed by atoms with van der Waals surface area (Å²) in [4.78, 5) is 118. The van der Waals surface area contributed by atoms with Crippen molar-refractivity contribution in [2.45, 2.75) is 79.1 Å². The van der Waals surface area contributed by atoms with Gasteiger partial charge in [0.15, 0.2) is 17.2 Å². The van der Waals surface area contributed by atoms with Gasteiger partial charge in [-0.3, -0.25) is 42.7 Å². The number of H-pyrrole nitrogens is 4. The average molecular weight is 1610 g/mol. The minimum Gasteiger partial charge on any atom is -1.00 e. The van der Waals surface area contributed by atoms with Crippen molar-refractivity contribution in [2.24, 2.45) is 5.73 Å². The smallest absolute Gasteiger partial charge is 1.00 e. The second kappa shape index (κ2) is 40.0. The third-order valence-corrected chi connectivity index (χ3v) is 18.1. The number of alkyl carbamates (subject to hydrolysis) is 2. The van der Waals surface area contributed by atoms with Crippen molar-refractivity contribution in [1.82, 2.24) is 39.7 Å². The number of aromatic hydroxyl groups is 1. The number of benzene rings is 5. The van der Waals surface area contributed by atoms with Gasteiger partial charge in [-0.05, 0) is 104 Å². The first-order valence-electron chi connectivity index (χ1n) is 30.2. The number of nitrogens with two attached hydrogens (primary N) is 1. The molecule has 25 nitrogen and oxygen atoms in total. The quantitative estimate of drug-likeness (QED) is 0.0226. The Kier molecular flexibility index (Phi) is 33.7. The van der Waals surface area contributed by atoms with Crippen molar-refractivity contribution in [2.75, 3.05) is 43.5 Å². The Morgan fingerprint density at radius 1 is 0.614 bits per heavy atom. The van der Waals surface area contributed by atoms with Crippen molar-refractivity contribution >= 4 is 139 Å². The summed E-state index contributed by atoms with van der Waals surface area (Å²) >= 11 is 16.2. The molecule has 3 atom stereocenters. The molecule has 0 spiro atoms. The number of carbonyl (C=O) groups is 3. The molecule has 0 fully saturated rings. The number of pyridine rings is 6. The molecule has 2 aliphatic rings. The first-order chi connectivity index (χ1) is 46.9. The first kappa shape index (κ1) is 85.2. The van der Waals surface area contributed by atoms with Gasteiger partial charge in [0.05, 0.1) is 50.5 Å². The first-order valence-corrected chi connectivity index (χ1v) is 33.3. The maximum atomic E-state index is 13.0. The van der Waals surface area contributed by atoms with Crippen LogP contribution < -0.4 is 167 Å². The van der Waals surface area contributed by atoms with Gasteiger partial charge >= 0.3 is 115 Å². The SMILES string of the molecule is C.Cc1cc(=O)[nH]c2c(O)c3[nH]c(=O)cc(C)c3cc12.Cc1cc(=O)[nH]c2c3c4c(cc12)c(C)cc(=O)n4C(CN)CO3.Cc1cc(=O)[nH]c2c3c4c(cc12)c(C)cc(=O)n4C(CNC(=O)OCc1ccccc1)CO3.ClCCl.O=C(NCC(Br)CBr)OCc1ccccc1.O=CO[O-].[H-].[K+].[K+].